The van der Waals surface area contributed by atoms with Crippen molar-refractivity contribution in [1.82, 2.24) is 19.9 Å². The van der Waals surface area contributed by atoms with Crippen molar-refractivity contribution in [1.29, 1.82) is 0 Å². The lowest BCUT2D eigenvalue weighted by Gasteiger charge is -2.32. The van der Waals surface area contributed by atoms with E-state index in [1.165, 1.54) is 16.2 Å². The van der Waals surface area contributed by atoms with Crippen molar-refractivity contribution in [3.05, 3.63) is 29.7 Å². The van der Waals surface area contributed by atoms with Crippen molar-refractivity contribution in [2.24, 2.45) is 0 Å². The first kappa shape index (κ1) is 15.5. The molecule has 3 rings (SSSR count). The third-order valence-electron chi connectivity index (χ3n) is 3.77. The number of nitrogens with zero attached hydrogens (tertiary/aromatic N) is 4. The van der Waals surface area contributed by atoms with Crippen LogP contribution in [0, 0.1) is 0 Å². The Morgan fingerprint density at radius 3 is 2.96 bits per heavy atom. The molecule has 3 heterocycles. The quantitative estimate of drug-likeness (QED) is 0.914. The first-order valence-electron chi connectivity index (χ1n) is 7.38. The van der Waals surface area contributed by atoms with Gasteiger partial charge in [0.25, 0.3) is 0 Å². The molecule has 0 saturated carbocycles. The molecule has 0 spiro atoms. The molecule has 23 heavy (non-hydrogen) atoms. The first-order valence-corrected chi connectivity index (χ1v) is 8.26. The molecule has 7 nitrogen and oxygen atoms in total. The highest BCUT2D eigenvalue weighted by Crippen LogP contribution is 2.23. The predicted molar refractivity (Wildman–Crippen MR) is 83.8 cm³/mol. The molecule has 120 valence electrons. The van der Waals surface area contributed by atoms with Gasteiger partial charge in [-0.3, -0.25) is 14.8 Å². The van der Waals surface area contributed by atoms with Crippen LogP contribution >= 0.6 is 11.3 Å². The number of aromatic nitrogens is 3. The summed E-state index contributed by atoms with van der Waals surface area (Å²) in [6, 6.07) is -0.714. The molecule has 0 aromatic carbocycles. The fraction of sp³-hybridized carbons (Fsp3) is 0.400. The van der Waals surface area contributed by atoms with Crippen LogP contribution in [0.25, 0.3) is 10.7 Å². The molecule has 2 aromatic heterocycles. The number of carbonyl (C=O) groups is 2. The van der Waals surface area contributed by atoms with Crippen molar-refractivity contribution >= 4 is 23.2 Å². The summed E-state index contributed by atoms with van der Waals surface area (Å²) in [5, 5.41) is 11.8. The van der Waals surface area contributed by atoms with Crippen LogP contribution in [-0.2, 0) is 16.0 Å². The monoisotopic (exact) mass is 332 g/mol. The van der Waals surface area contributed by atoms with Crippen LogP contribution in [0.15, 0.2) is 24.0 Å². The zero-order valence-electron chi connectivity index (χ0n) is 12.4. The lowest BCUT2D eigenvalue weighted by atomic mass is 10.0. The van der Waals surface area contributed by atoms with Crippen LogP contribution in [0.3, 0.4) is 0 Å². The van der Waals surface area contributed by atoms with Crippen LogP contribution in [0.2, 0.25) is 0 Å². The summed E-state index contributed by atoms with van der Waals surface area (Å²) in [4.78, 5) is 37.8. The van der Waals surface area contributed by atoms with Crippen molar-refractivity contribution in [3.63, 3.8) is 0 Å². The number of aliphatic carboxylic acids is 1. The normalized spacial score (nSPS) is 17.9. The van der Waals surface area contributed by atoms with E-state index in [9.17, 15) is 14.7 Å². The highest BCUT2D eigenvalue weighted by molar-refractivity contribution is 7.13. The second-order valence-corrected chi connectivity index (χ2v) is 6.21. The fourth-order valence-corrected chi connectivity index (χ4v) is 3.44. The van der Waals surface area contributed by atoms with Gasteiger partial charge in [-0.15, -0.1) is 11.3 Å². The summed E-state index contributed by atoms with van der Waals surface area (Å²) in [6.07, 6.45) is 7.11. The van der Waals surface area contributed by atoms with Crippen LogP contribution < -0.4 is 0 Å². The Kier molecular flexibility index (Phi) is 4.61. The van der Waals surface area contributed by atoms with Crippen LogP contribution in [0.5, 0.6) is 0 Å². The minimum absolute atomic E-state index is 0.112. The number of piperidine rings is 1. The number of carbonyl (C=O) groups excluding carboxylic acids is 1. The molecule has 8 heteroatoms. The second kappa shape index (κ2) is 6.82. The van der Waals surface area contributed by atoms with Crippen molar-refractivity contribution in [2.45, 2.75) is 31.7 Å². The van der Waals surface area contributed by atoms with Crippen LogP contribution in [-0.4, -0.2) is 49.4 Å². The maximum atomic E-state index is 12.4. The standard InChI is InChI=1S/C15H16N4O3S/c20-13(19-6-2-1-3-12(19)15(21)22)7-10-9-23-14(18-10)11-8-16-4-5-17-11/h4-5,8-9,12H,1-3,6-7H2,(H,21,22)/t12-/m0/s1. The molecule has 1 fully saturated rings. The molecule has 0 radical (unpaired) electrons. The molecule has 1 aliphatic rings. The highest BCUT2D eigenvalue weighted by atomic mass is 32.1. The van der Waals surface area contributed by atoms with Gasteiger partial charge >= 0.3 is 5.97 Å². The first-order chi connectivity index (χ1) is 11.1. The van der Waals surface area contributed by atoms with E-state index < -0.39 is 12.0 Å². The summed E-state index contributed by atoms with van der Waals surface area (Å²) in [5.41, 5.74) is 1.30. The Morgan fingerprint density at radius 2 is 2.22 bits per heavy atom. The molecular formula is C15H16N4O3S. The number of amides is 1. The lowest BCUT2D eigenvalue weighted by Crippen LogP contribution is -2.48. The topological polar surface area (TPSA) is 96.3 Å². The maximum Gasteiger partial charge on any atom is 0.326 e. The number of rotatable bonds is 4. The number of hydrogen-bond acceptors (Lipinski definition) is 6. The van der Waals surface area contributed by atoms with Gasteiger partial charge in [-0.2, -0.15) is 0 Å². The average molecular weight is 332 g/mol. The summed E-state index contributed by atoms with van der Waals surface area (Å²) in [5.74, 6) is -1.12. The predicted octanol–water partition coefficient (Wildman–Crippen LogP) is 1.61. The Morgan fingerprint density at radius 1 is 1.35 bits per heavy atom. The van der Waals surface area contributed by atoms with Crippen molar-refractivity contribution in [2.75, 3.05) is 6.54 Å². The van der Waals surface area contributed by atoms with Gasteiger partial charge in [-0.25, -0.2) is 9.78 Å². The van der Waals surface area contributed by atoms with Crippen LogP contribution in [0.1, 0.15) is 25.0 Å². The SMILES string of the molecule is O=C(O)[C@@H]1CCCCN1C(=O)Cc1csc(-c2cnccn2)n1. The van der Waals surface area contributed by atoms with E-state index in [2.05, 4.69) is 15.0 Å². The second-order valence-electron chi connectivity index (χ2n) is 5.35. The molecule has 1 atom stereocenters. The van der Waals surface area contributed by atoms with Gasteiger partial charge in [-0.1, -0.05) is 0 Å². The smallest absolute Gasteiger partial charge is 0.326 e. The number of carboxylic acid groups (broad SMARTS) is 1. The number of carboxylic acids is 1. The summed E-state index contributed by atoms with van der Waals surface area (Å²) in [6.45, 7) is 0.497. The van der Waals surface area contributed by atoms with E-state index >= 15 is 0 Å². The molecule has 1 aliphatic heterocycles. The fourth-order valence-electron chi connectivity index (χ4n) is 2.66. The molecule has 0 aliphatic carbocycles. The largest absolute Gasteiger partial charge is 0.480 e. The van der Waals surface area contributed by atoms with E-state index in [1.807, 2.05) is 5.38 Å². The minimum atomic E-state index is -0.934. The van der Waals surface area contributed by atoms with E-state index in [1.54, 1.807) is 18.6 Å². The van der Waals surface area contributed by atoms with Gasteiger partial charge in [0.1, 0.15) is 16.7 Å². The summed E-state index contributed by atoms with van der Waals surface area (Å²) in [7, 11) is 0. The van der Waals surface area contributed by atoms with E-state index in [0.717, 1.165) is 12.8 Å². The van der Waals surface area contributed by atoms with Gasteiger partial charge in [0, 0.05) is 24.3 Å². The van der Waals surface area contributed by atoms with Gasteiger partial charge in [0.15, 0.2) is 0 Å². The Balaban J connectivity index is 1.70. The molecule has 1 saturated heterocycles. The molecule has 1 amide bonds. The Labute approximate surface area is 137 Å². The molecule has 2 aromatic rings. The molecule has 0 bridgehead atoms. The maximum absolute atomic E-state index is 12.4. The van der Waals surface area contributed by atoms with Gasteiger partial charge < -0.3 is 10.0 Å². The Bertz CT molecular complexity index is 704. The number of likely N-dealkylation sites (tertiary alicyclic amines) is 1. The van der Waals surface area contributed by atoms with E-state index in [-0.39, 0.29) is 12.3 Å². The van der Waals surface area contributed by atoms with E-state index in [4.69, 9.17) is 0 Å². The number of thiazole rings is 1. The van der Waals surface area contributed by atoms with E-state index in [0.29, 0.717) is 29.4 Å². The van der Waals surface area contributed by atoms with Crippen molar-refractivity contribution < 1.29 is 14.7 Å². The zero-order valence-corrected chi connectivity index (χ0v) is 13.2. The third kappa shape index (κ3) is 3.53. The lowest BCUT2D eigenvalue weighted by molar-refractivity contribution is -0.151. The van der Waals surface area contributed by atoms with Gasteiger partial charge in [0.05, 0.1) is 18.3 Å². The molecule has 0 unspecified atom stereocenters. The molecular weight excluding hydrogens is 316 g/mol. The average Bonchev–Trinajstić information content (AvgIpc) is 3.04. The zero-order chi connectivity index (χ0) is 16.2. The van der Waals surface area contributed by atoms with Gasteiger partial charge in [-0.05, 0) is 19.3 Å². The summed E-state index contributed by atoms with van der Waals surface area (Å²) < 4.78 is 0. The Hall–Kier alpha value is -2.35. The highest BCUT2D eigenvalue weighted by Gasteiger charge is 2.32. The summed E-state index contributed by atoms with van der Waals surface area (Å²) >= 11 is 1.40. The third-order valence-corrected chi connectivity index (χ3v) is 4.69. The minimum Gasteiger partial charge on any atom is -0.480 e. The van der Waals surface area contributed by atoms with Crippen molar-refractivity contribution in [3.8, 4) is 10.7 Å². The number of hydrogen-bond donors (Lipinski definition) is 1. The molecule has 1 N–H and O–H groups in total. The van der Waals surface area contributed by atoms with Gasteiger partial charge in [0.2, 0.25) is 5.91 Å². The van der Waals surface area contributed by atoms with Crippen LogP contribution in [0.4, 0.5) is 0 Å².